The Kier molecular flexibility index (Phi) is 10.7. The maximum absolute atomic E-state index is 11.4. The van der Waals surface area contributed by atoms with Crippen LogP contribution in [0.5, 0.6) is 5.75 Å². The molecule has 0 amide bonds. The lowest BCUT2D eigenvalue weighted by atomic mass is 10.0. The molecular weight excluding hydrogens is 604 g/mol. The van der Waals surface area contributed by atoms with Crippen LogP contribution in [0.1, 0.15) is 19.3 Å². The van der Waals surface area contributed by atoms with Crippen LogP contribution in [-0.4, -0.2) is 101 Å². The molecule has 0 aliphatic carbocycles. The maximum Gasteiger partial charge on any atom is 0.304 e. The van der Waals surface area contributed by atoms with Gasteiger partial charge in [0, 0.05) is 70.7 Å². The molecule has 14 heteroatoms. The Morgan fingerprint density at radius 3 is 2.55 bits per heavy atom. The first-order chi connectivity index (χ1) is 21.3. The molecule has 0 unspecified atom stereocenters. The second-order valence-corrected chi connectivity index (χ2v) is 12.1. The maximum atomic E-state index is 11.4. The second kappa shape index (κ2) is 14.9. The normalized spacial score (nSPS) is 16.5. The number of nitrogens with zero attached hydrogens (tertiary/aromatic N) is 6. The van der Waals surface area contributed by atoms with Crippen LogP contribution in [-0.2, 0) is 16.6 Å². The average Bonchev–Trinajstić information content (AvgIpc) is 3.05. The minimum atomic E-state index is -0.732. The van der Waals surface area contributed by atoms with Crippen LogP contribution in [0.3, 0.4) is 0 Å². The number of anilines is 6. The van der Waals surface area contributed by atoms with Gasteiger partial charge in [0.1, 0.15) is 22.6 Å². The first-order valence-corrected chi connectivity index (χ1v) is 15.8. The number of aliphatic carboxylic acids is 1. The third-order valence-corrected chi connectivity index (χ3v) is 8.94. The highest BCUT2D eigenvalue weighted by Gasteiger charge is 2.28. The van der Waals surface area contributed by atoms with Crippen molar-refractivity contribution in [3.8, 4) is 5.75 Å². The lowest BCUT2D eigenvalue weighted by molar-refractivity contribution is -0.137. The summed E-state index contributed by atoms with van der Waals surface area (Å²) in [5.41, 5.74) is 3.26. The van der Waals surface area contributed by atoms with Crippen LogP contribution < -0.4 is 24.6 Å². The number of halogens is 1. The second-order valence-electron chi connectivity index (χ2n) is 10.9. The van der Waals surface area contributed by atoms with E-state index in [1.807, 2.05) is 36.4 Å². The smallest absolute Gasteiger partial charge is 0.304 e. The molecule has 0 spiro atoms. The van der Waals surface area contributed by atoms with E-state index in [1.54, 1.807) is 18.5 Å². The van der Waals surface area contributed by atoms with Crippen molar-refractivity contribution in [1.29, 1.82) is 0 Å². The number of benzene rings is 2. The lowest BCUT2D eigenvalue weighted by Crippen LogP contribution is -2.53. The molecule has 12 nitrogen and oxygen atoms in total. The highest BCUT2D eigenvalue weighted by molar-refractivity contribution is 7.67. The number of aromatic nitrogens is 2. The molecule has 2 fully saturated rings. The fourth-order valence-electron chi connectivity index (χ4n) is 5.74. The van der Waals surface area contributed by atoms with Crippen LogP contribution in [0.2, 0.25) is 5.02 Å². The first-order valence-electron chi connectivity index (χ1n) is 14.7. The van der Waals surface area contributed by atoms with Gasteiger partial charge in [0.15, 0.2) is 5.82 Å². The number of rotatable bonds is 12. The fourth-order valence-corrected chi connectivity index (χ4v) is 6.14. The fraction of sp³-hybridized carbons (Fsp3) is 0.433. The number of piperazine rings is 1. The van der Waals surface area contributed by atoms with Gasteiger partial charge in [-0.2, -0.15) is 4.98 Å². The highest BCUT2D eigenvalue weighted by atomic mass is 35.5. The standard InChI is InChI=1S/C30H39ClN8O4S/c1-36(44-42)26-6-4-3-5-24(26)33-29-23(31)20-32-30(35-29)34-25-8-7-22(19-27(25)43-2)38-13-9-21(10-14-38)39-17-15-37(16-18-39)12-11-28(40)41/h3-8,19-21,44H,9-18H2,1-2H3,(H,40,41)(H2,32,33,34,35). The van der Waals surface area contributed by atoms with Crippen molar-refractivity contribution in [1.82, 2.24) is 19.8 Å². The molecule has 0 bridgehead atoms. The summed E-state index contributed by atoms with van der Waals surface area (Å²) in [5.74, 6) is 0.702. The van der Waals surface area contributed by atoms with Gasteiger partial charge in [-0.1, -0.05) is 23.7 Å². The third kappa shape index (κ3) is 7.89. The summed E-state index contributed by atoms with van der Waals surface area (Å²) in [6.07, 6.45) is 3.90. The summed E-state index contributed by atoms with van der Waals surface area (Å²) >= 11 is 6.29. The van der Waals surface area contributed by atoms with Gasteiger partial charge in [-0.05, 0) is 37.1 Å². The molecule has 3 aromatic rings. The van der Waals surface area contributed by atoms with Gasteiger partial charge in [-0.3, -0.25) is 14.0 Å². The average molecular weight is 643 g/mol. The molecule has 0 atom stereocenters. The molecular formula is C30H39ClN8O4S. The van der Waals surface area contributed by atoms with E-state index < -0.39 is 5.97 Å². The Hall–Kier alpha value is -3.65. The molecule has 5 rings (SSSR count). The summed E-state index contributed by atoms with van der Waals surface area (Å²) in [6, 6.07) is 14.1. The summed E-state index contributed by atoms with van der Waals surface area (Å²) in [7, 11) is 3.36. The van der Waals surface area contributed by atoms with E-state index in [2.05, 4.69) is 41.4 Å². The Morgan fingerprint density at radius 2 is 1.84 bits per heavy atom. The highest BCUT2D eigenvalue weighted by Crippen LogP contribution is 2.35. The van der Waals surface area contributed by atoms with Crippen molar-refractivity contribution in [2.24, 2.45) is 0 Å². The third-order valence-electron chi connectivity index (χ3n) is 8.20. The number of ether oxygens (including phenoxy) is 1. The van der Waals surface area contributed by atoms with E-state index in [-0.39, 0.29) is 18.3 Å². The molecule has 0 radical (unpaired) electrons. The molecule has 236 valence electrons. The number of carboxylic acid groups (broad SMARTS) is 1. The summed E-state index contributed by atoms with van der Waals surface area (Å²) in [4.78, 5) is 27.0. The number of piperidine rings is 1. The van der Waals surface area contributed by atoms with Crippen molar-refractivity contribution in [3.63, 3.8) is 0 Å². The topological polar surface area (TPSA) is 126 Å². The van der Waals surface area contributed by atoms with E-state index in [1.165, 1.54) is 6.20 Å². The van der Waals surface area contributed by atoms with E-state index in [0.29, 0.717) is 40.8 Å². The molecule has 2 aromatic carbocycles. The van der Waals surface area contributed by atoms with Gasteiger partial charge < -0.3 is 30.3 Å². The molecule has 3 N–H and O–H groups in total. The van der Waals surface area contributed by atoms with E-state index in [4.69, 9.17) is 21.4 Å². The minimum absolute atomic E-state index is 0.134. The molecule has 2 saturated heterocycles. The molecule has 3 heterocycles. The molecule has 44 heavy (non-hydrogen) atoms. The van der Waals surface area contributed by atoms with Gasteiger partial charge in [0.05, 0.1) is 36.8 Å². The van der Waals surface area contributed by atoms with E-state index in [0.717, 1.165) is 69.2 Å². The van der Waals surface area contributed by atoms with E-state index >= 15 is 0 Å². The lowest BCUT2D eigenvalue weighted by Gasteiger charge is -2.43. The minimum Gasteiger partial charge on any atom is -0.494 e. The zero-order valence-corrected chi connectivity index (χ0v) is 26.6. The summed E-state index contributed by atoms with van der Waals surface area (Å²) in [5, 5.41) is 15.8. The number of methoxy groups -OCH3 is 1. The Balaban J connectivity index is 1.20. The SMILES string of the molecule is COc1cc(N2CCC(N3CCN(CCC(=O)O)CC3)CC2)ccc1Nc1ncc(Cl)c(Nc2ccccc2N(C)[SH]=O)n1. The van der Waals surface area contributed by atoms with Crippen molar-refractivity contribution < 1.29 is 18.8 Å². The number of hydrogen-bond acceptors (Lipinski definition) is 10. The monoisotopic (exact) mass is 642 g/mol. The summed E-state index contributed by atoms with van der Waals surface area (Å²) in [6.45, 7) is 6.39. The molecule has 2 aliphatic rings. The number of carboxylic acids is 1. The zero-order valence-electron chi connectivity index (χ0n) is 24.9. The van der Waals surface area contributed by atoms with Crippen LogP contribution in [0.15, 0.2) is 48.7 Å². The summed E-state index contributed by atoms with van der Waals surface area (Å²) < 4.78 is 18.8. The van der Waals surface area contributed by atoms with Gasteiger partial charge in [0.25, 0.3) is 0 Å². The van der Waals surface area contributed by atoms with Crippen LogP contribution in [0.25, 0.3) is 0 Å². The Labute approximate surface area is 266 Å². The van der Waals surface area contributed by atoms with Crippen molar-refractivity contribution in [2.75, 3.05) is 79.8 Å². The predicted molar refractivity (Wildman–Crippen MR) is 176 cm³/mol. The van der Waals surface area contributed by atoms with Crippen molar-refractivity contribution in [3.05, 3.63) is 53.7 Å². The molecule has 2 aliphatic heterocycles. The number of hydrogen-bond donors (Lipinski definition) is 4. The molecule has 1 aromatic heterocycles. The van der Waals surface area contributed by atoms with E-state index in [9.17, 15) is 9.00 Å². The van der Waals surface area contributed by atoms with Gasteiger partial charge >= 0.3 is 5.97 Å². The van der Waals surface area contributed by atoms with Gasteiger partial charge in [-0.25, -0.2) is 9.19 Å². The first kappa shape index (κ1) is 31.8. The van der Waals surface area contributed by atoms with Gasteiger partial charge in [0.2, 0.25) is 5.95 Å². The van der Waals surface area contributed by atoms with Crippen LogP contribution in [0.4, 0.5) is 34.5 Å². The van der Waals surface area contributed by atoms with Crippen molar-refractivity contribution >= 4 is 63.9 Å². The number of para-hydroxylation sites is 2. The predicted octanol–water partition coefficient (Wildman–Crippen LogP) is 3.98. The van der Waals surface area contributed by atoms with Crippen LogP contribution in [0, 0.1) is 0 Å². The largest absolute Gasteiger partial charge is 0.494 e. The Bertz CT molecular complexity index is 1450. The quantitative estimate of drug-likeness (QED) is 0.214. The number of carbonyl (C=O) groups is 1. The van der Waals surface area contributed by atoms with Crippen molar-refractivity contribution in [2.45, 2.75) is 25.3 Å². The Morgan fingerprint density at radius 1 is 1.09 bits per heavy atom. The number of thiol groups is 1. The zero-order chi connectivity index (χ0) is 31.1. The molecule has 0 saturated carbocycles. The van der Waals surface area contributed by atoms with Crippen LogP contribution >= 0.6 is 11.6 Å². The number of nitrogens with one attached hydrogen (secondary N) is 2. The van der Waals surface area contributed by atoms with Gasteiger partial charge in [-0.15, -0.1) is 0 Å².